The van der Waals surface area contributed by atoms with Gasteiger partial charge in [0.25, 0.3) is 0 Å². The molecule has 0 fully saturated rings. The molecule has 0 unspecified atom stereocenters. The van der Waals surface area contributed by atoms with Crippen LogP contribution in [0.2, 0.25) is 0 Å². The number of ketones is 1. The van der Waals surface area contributed by atoms with Gasteiger partial charge in [-0.15, -0.1) is 22.7 Å². The quantitative estimate of drug-likeness (QED) is 0.184. The zero-order chi connectivity index (χ0) is 32.1. The summed E-state index contributed by atoms with van der Waals surface area (Å²) in [5, 5.41) is 7.39. The molecule has 0 amide bonds. The Morgan fingerprint density at radius 3 is 1.75 bits per heavy atom. The molecule has 6 aromatic carbocycles. The van der Waals surface area contributed by atoms with Crippen LogP contribution in [0.1, 0.15) is 15.9 Å². The highest BCUT2D eigenvalue weighted by atomic mass is 32.1. The molecule has 3 aromatic heterocycles. The number of thiophene rings is 2. The molecule has 9 aromatic rings. The molecule has 48 heavy (non-hydrogen) atoms. The van der Waals surface area contributed by atoms with Crippen molar-refractivity contribution in [2.24, 2.45) is 9.98 Å². The van der Waals surface area contributed by atoms with Crippen molar-refractivity contribution in [3.8, 4) is 0 Å². The van der Waals surface area contributed by atoms with Gasteiger partial charge in [-0.1, -0.05) is 48.5 Å². The first kappa shape index (κ1) is 27.8. The Morgan fingerprint density at radius 2 is 1.15 bits per heavy atom. The summed E-state index contributed by atoms with van der Waals surface area (Å²) in [5.74, 6) is -0.148. The Hall–Kier alpha value is -5.33. The number of aliphatic imine (C=N–C) groups is 1. The van der Waals surface area contributed by atoms with E-state index in [1.54, 1.807) is 12.1 Å². The van der Waals surface area contributed by atoms with Gasteiger partial charge in [-0.25, -0.2) is 9.98 Å². The van der Waals surface area contributed by atoms with Gasteiger partial charge in [-0.05, 0) is 63.5 Å². The van der Waals surface area contributed by atoms with Gasteiger partial charge in [-0.2, -0.15) is 8.75 Å². The SMILES string of the molecule is O=C1/C(=N/c2cc3c4nsnc4c4cc(N=c5c(=O)c6cc7ccccc7cc6c5=O)sc4c3s2)COCc2cc3ccccc3cc21. The average molecular weight is 679 g/mol. The molecule has 0 saturated heterocycles. The van der Waals surface area contributed by atoms with Crippen LogP contribution in [0.5, 0.6) is 0 Å². The van der Waals surface area contributed by atoms with E-state index in [-0.39, 0.29) is 28.6 Å². The van der Waals surface area contributed by atoms with Crippen LogP contribution in [0, 0.1) is 0 Å². The standard InChI is InChI=1S/C37H18N4O4S3/c42-33-22-10-18-6-2-1-5-17(18)9-21(22)15-45-16-27(33)38-28-13-25-30-31(41-48-40-30)26-14-29(47-37(26)36(25)46-28)39-32-34(43)23-11-19-7-3-4-8-20(19)12-24(23)35(32)44/h1-14H,15-16H2/b38-27+. The maximum Gasteiger partial charge on any atom is 0.216 e. The lowest BCUT2D eigenvalue weighted by Gasteiger charge is -2.06. The summed E-state index contributed by atoms with van der Waals surface area (Å²) in [4.78, 5) is 50.1. The molecule has 0 N–H and O–H groups in total. The van der Waals surface area contributed by atoms with Crippen molar-refractivity contribution in [3.05, 3.63) is 122 Å². The van der Waals surface area contributed by atoms with Gasteiger partial charge in [0.15, 0.2) is 5.36 Å². The van der Waals surface area contributed by atoms with Crippen LogP contribution >= 0.6 is 34.4 Å². The lowest BCUT2D eigenvalue weighted by atomic mass is 9.97. The molecule has 0 aliphatic carbocycles. The number of nitrogens with zero attached hydrogens (tertiary/aromatic N) is 4. The Balaban J connectivity index is 1.12. The molecule has 0 atom stereocenters. The lowest BCUT2D eigenvalue weighted by Crippen LogP contribution is -2.31. The van der Waals surface area contributed by atoms with Crippen molar-refractivity contribution < 1.29 is 9.53 Å². The highest BCUT2D eigenvalue weighted by molar-refractivity contribution is 7.30. The molecule has 8 nitrogen and oxygen atoms in total. The normalized spacial score (nSPS) is 14.7. The van der Waals surface area contributed by atoms with Crippen LogP contribution in [0.4, 0.5) is 10.0 Å². The molecule has 10 rings (SSSR count). The van der Waals surface area contributed by atoms with Gasteiger partial charge in [-0.3, -0.25) is 14.4 Å². The summed E-state index contributed by atoms with van der Waals surface area (Å²) in [6, 6.07) is 26.9. The maximum absolute atomic E-state index is 13.8. The second kappa shape index (κ2) is 10.3. The van der Waals surface area contributed by atoms with Gasteiger partial charge in [0.2, 0.25) is 16.6 Å². The molecule has 4 heterocycles. The molecule has 0 bridgehead atoms. The fourth-order valence-electron chi connectivity index (χ4n) is 6.60. The Labute approximate surface area is 281 Å². The Bertz CT molecular complexity index is 3000. The van der Waals surface area contributed by atoms with E-state index in [0.717, 1.165) is 70.0 Å². The summed E-state index contributed by atoms with van der Waals surface area (Å²) in [6.07, 6.45) is 0. The van der Waals surface area contributed by atoms with E-state index in [9.17, 15) is 14.4 Å². The predicted molar refractivity (Wildman–Crippen MR) is 195 cm³/mol. The van der Waals surface area contributed by atoms with Crippen LogP contribution in [-0.4, -0.2) is 26.8 Å². The minimum absolute atomic E-state index is 0.0889. The highest BCUT2D eigenvalue weighted by Crippen LogP contribution is 2.46. The Kier molecular flexibility index (Phi) is 5.97. The fraction of sp³-hybridized carbons (Fsp3) is 0.0541. The molecular formula is C37H18N4O4S3. The topological polar surface area (TPSA) is 111 Å². The average Bonchev–Trinajstić information content (AvgIpc) is 3.88. The van der Waals surface area contributed by atoms with Crippen molar-refractivity contribution >= 4 is 119 Å². The van der Waals surface area contributed by atoms with E-state index in [1.807, 2.05) is 72.8 Å². The first-order valence-corrected chi connectivity index (χ1v) is 17.4. The van der Waals surface area contributed by atoms with Crippen molar-refractivity contribution in [3.63, 3.8) is 0 Å². The summed E-state index contributed by atoms with van der Waals surface area (Å²) in [5.41, 5.74) is 2.49. The summed E-state index contributed by atoms with van der Waals surface area (Å²) in [6.45, 7) is 0.428. The minimum Gasteiger partial charge on any atom is -0.370 e. The fourth-order valence-corrected chi connectivity index (χ4v) is 9.42. The number of rotatable bonds is 2. The third-order valence-electron chi connectivity index (χ3n) is 8.89. The summed E-state index contributed by atoms with van der Waals surface area (Å²) in [7, 11) is 0. The van der Waals surface area contributed by atoms with Crippen LogP contribution in [-0.2, 0) is 11.3 Å². The van der Waals surface area contributed by atoms with Crippen molar-refractivity contribution in [1.82, 2.24) is 8.75 Å². The van der Waals surface area contributed by atoms with E-state index < -0.39 is 0 Å². The van der Waals surface area contributed by atoms with E-state index >= 15 is 0 Å². The van der Waals surface area contributed by atoms with Crippen LogP contribution < -0.4 is 16.2 Å². The third-order valence-corrected chi connectivity index (χ3v) is 11.6. The van der Waals surface area contributed by atoms with Crippen molar-refractivity contribution in [2.45, 2.75) is 6.61 Å². The van der Waals surface area contributed by atoms with Gasteiger partial charge >= 0.3 is 0 Å². The van der Waals surface area contributed by atoms with Crippen LogP contribution in [0.3, 0.4) is 0 Å². The number of carbonyl (C=O) groups excluding carboxylic acids is 1. The third kappa shape index (κ3) is 4.12. The highest BCUT2D eigenvalue weighted by Gasteiger charge is 2.24. The molecule has 1 aliphatic heterocycles. The molecule has 0 saturated carbocycles. The van der Waals surface area contributed by atoms with E-state index in [4.69, 9.17) is 9.73 Å². The van der Waals surface area contributed by atoms with Gasteiger partial charge in [0.05, 0.1) is 34.3 Å². The first-order valence-electron chi connectivity index (χ1n) is 15.0. The van der Waals surface area contributed by atoms with Gasteiger partial charge in [0, 0.05) is 27.1 Å². The number of hydrogen-bond acceptors (Lipinski definition) is 11. The largest absolute Gasteiger partial charge is 0.370 e. The molecule has 11 heteroatoms. The predicted octanol–water partition coefficient (Wildman–Crippen LogP) is 7.89. The molecule has 0 radical (unpaired) electrons. The number of Topliss-reactive ketones (excluding diaryl/α,β-unsaturated/α-hetero) is 1. The van der Waals surface area contributed by atoms with Crippen molar-refractivity contribution in [2.75, 3.05) is 6.61 Å². The number of fused-ring (bicyclic) bond motifs is 10. The van der Waals surface area contributed by atoms with Crippen molar-refractivity contribution in [1.29, 1.82) is 0 Å². The monoisotopic (exact) mass is 678 g/mol. The molecule has 1 aliphatic rings. The Morgan fingerprint density at radius 1 is 0.604 bits per heavy atom. The maximum atomic E-state index is 13.8. The van der Waals surface area contributed by atoms with E-state index in [0.29, 0.717) is 38.7 Å². The second-order valence-corrected chi connectivity index (χ2v) is 14.3. The molecule has 0 spiro atoms. The number of aromatic nitrogens is 2. The van der Waals surface area contributed by atoms with E-state index in [1.165, 1.54) is 22.7 Å². The summed E-state index contributed by atoms with van der Waals surface area (Å²) < 4.78 is 16.9. The lowest BCUT2D eigenvalue weighted by molar-refractivity contribution is 0.105. The second-order valence-electron chi connectivity index (χ2n) is 11.7. The smallest absolute Gasteiger partial charge is 0.216 e. The summed E-state index contributed by atoms with van der Waals surface area (Å²) >= 11 is 3.95. The zero-order valence-electron chi connectivity index (χ0n) is 24.6. The zero-order valence-corrected chi connectivity index (χ0v) is 27.1. The van der Waals surface area contributed by atoms with Crippen LogP contribution in [0.25, 0.3) is 63.5 Å². The number of benzene rings is 5. The molecule has 228 valence electrons. The number of hydrogen-bond donors (Lipinski definition) is 0. The van der Waals surface area contributed by atoms with Gasteiger partial charge in [0.1, 0.15) is 26.7 Å². The number of ether oxygens (including phenoxy) is 1. The first-order chi connectivity index (χ1) is 23.5. The minimum atomic E-state index is -0.372. The van der Waals surface area contributed by atoms with Crippen LogP contribution in [0.15, 0.2) is 105 Å². The van der Waals surface area contributed by atoms with E-state index in [2.05, 4.69) is 13.7 Å². The molecular weight excluding hydrogens is 661 g/mol. The van der Waals surface area contributed by atoms with Gasteiger partial charge < -0.3 is 4.74 Å². The number of carbonyl (C=O) groups is 1.